The second-order valence-corrected chi connectivity index (χ2v) is 12.5. The molecule has 134 valence electrons. The number of hydrogen-bond donors (Lipinski definition) is 0. The molecule has 1 unspecified atom stereocenters. The van der Waals surface area contributed by atoms with E-state index in [1.165, 1.54) is 19.3 Å². The molecule has 1 atom stereocenters. The quantitative estimate of drug-likeness (QED) is 0.770. The molecule has 2 heterocycles. The zero-order valence-electron chi connectivity index (χ0n) is 14.2. The Labute approximate surface area is 140 Å². The van der Waals surface area contributed by atoms with Gasteiger partial charge >= 0.3 is 0 Å². The normalized spacial score (nSPS) is 32.0. The average molecular weight is 364 g/mol. The molecule has 2 saturated heterocycles. The van der Waals surface area contributed by atoms with E-state index in [9.17, 15) is 16.8 Å². The van der Waals surface area contributed by atoms with Gasteiger partial charge in [-0.3, -0.25) is 0 Å². The lowest BCUT2D eigenvalue weighted by atomic mass is 9.61. The fourth-order valence-electron chi connectivity index (χ4n) is 5.05. The summed E-state index contributed by atoms with van der Waals surface area (Å²) >= 11 is 0. The lowest BCUT2D eigenvalue weighted by Gasteiger charge is -2.60. The summed E-state index contributed by atoms with van der Waals surface area (Å²) in [6.07, 6.45) is 6.48. The predicted octanol–water partition coefficient (Wildman–Crippen LogP) is 2.18. The van der Waals surface area contributed by atoms with E-state index in [-0.39, 0.29) is 35.8 Å². The van der Waals surface area contributed by atoms with Crippen LogP contribution in [0.25, 0.3) is 0 Å². The van der Waals surface area contributed by atoms with Gasteiger partial charge in [0.2, 0.25) is 10.0 Å². The first kappa shape index (κ1) is 17.7. The van der Waals surface area contributed by atoms with Crippen LogP contribution in [0.4, 0.5) is 0 Å². The molecule has 3 aliphatic rings. The highest BCUT2D eigenvalue weighted by Crippen LogP contribution is 2.53. The molecule has 5 nitrogen and oxygen atoms in total. The Hall–Kier alpha value is -0.140. The van der Waals surface area contributed by atoms with Gasteiger partial charge in [-0.1, -0.05) is 33.1 Å². The van der Waals surface area contributed by atoms with Gasteiger partial charge in [0, 0.05) is 18.0 Å². The van der Waals surface area contributed by atoms with Gasteiger partial charge in [0.15, 0.2) is 0 Å². The smallest absolute Gasteiger partial charge is 0.217 e. The van der Waals surface area contributed by atoms with E-state index in [2.05, 4.69) is 13.8 Å². The Bertz CT molecular complexity index is 634. The lowest BCUT2D eigenvalue weighted by molar-refractivity contribution is -0.0658. The maximum Gasteiger partial charge on any atom is 0.217 e. The summed E-state index contributed by atoms with van der Waals surface area (Å²) in [6.45, 7) is 4.89. The van der Waals surface area contributed by atoms with Crippen LogP contribution in [0.2, 0.25) is 0 Å². The molecule has 2 aliphatic heterocycles. The standard InChI is InChI=1S/C16H29NO4S2/c1-13(2)15-16(8-4-3-5-9-16)12-17(15)23(20,21)14-6-10-22(18,19)11-7-14/h13-15H,3-12H2,1-2H3. The van der Waals surface area contributed by atoms with Crippen LogP contribution in [-0.4, -0.2) is 50.5 Å². The van der Waals surface area contributed by atoms with E-state index in [1.54, 1.807) is 4.31 Å². The molecule has 0 bridgehead atoms. The van der Waals surface area contributed by atoms with Crippen LogP contribution >= 0.6 is 0 Å². The van der Waals surface area contributed by atoms with Crippen molar-refractivity contribution in [2.45, 2.75) is 70.1 Å². The Morgan fingerprint density at radius 2 is 1.61 bits per heavy atom. The Balaban J connectivity index is 1.78. The largest absolute Gasteiger partial charge is 0.229 e. The van der Waals surface area contributed by atoms with E-state index in [0.717, 1.165) is 12.8 Å². The molecular formula is C16H29NO4S2. The molecule has 1 saturated carbocycles. The third kappa shape index (κ3) is 3.09. The second-order valence-electron chi connectivity index (χ2n) is 8.05. The molecule has 0 aromatic heterocycles. The average Bonchev–Trinajstić information content (AvgIpc) is 2.44. The maximum absolute atomic E-state index is 13.1. The number of nitrogens with zero attached hydrogens (tertiary/aromatic N) is 1. The van der Waals surface area contributed by atoms with Gasteiger partial charge < -0.3 is 0 Å². The zero-order chi connectivity index (χ0) is 16.9. The van der Waals surface area contributed by atoms with Crippen molar-refractivity contribution in [3.8, 4) is 0 Å². The van der Waals surface area contributed by atoms with Crippen LogP contribution < -0.4 is 0 Å². The summed E-state index contributed by atoms with van der Waals surface area (Å²) < 4.78 is 51.0. The summed E-state index contributed by atoms with van der Waals surface area (Å²) in [4.78, 5) is 0. The first-order valence-corrected chi connectivity index (χ1v) is 12.2. The highest BCUT2D eigenvalue weighted by molar-refractivity contribution is 7.92. The third-order valence-electron chi connectivity index (χ3n) is 6.14. The van der Waals surface area contributed by atoms with E-state index in [1.807, 2.05) is 0 Å². The van der Waals surface area contributed by atoms with Crippen LogP contribution in [0.3, 0.4) is 0 Å². The van der Waals surface area contributed by atoms with Crippen molar-refractivity contribution < 1.29 is 16.8 Å². The number of sulfonamides is 1. The zero-order valence-corrected chi connectivity index (χ0v) is 15.8. The SMILES string of the molecule is CC(C)C1N(S(=O)(=O)C2CCS(=O)(=O)CC2)CC12CCCCC2. The van der Waals surface area contributed by atoms with Crippen molar-refractivity contribution in [1.29, 1.82) is 0 Å². The van der Waals surface area contributed by atoms with Gasteiger partial charge in [-0.25, -0.2) is 16.8 Å². The summed E-state index contributed by atoms with van der Waals surface area (Å²) in [6, 6.07) is 0.103. The Morgan fingerprint density at radius 3 is 2.13 bits per heavy atom. The maximum atomic E-state index is 13.1. The van der Waals surface area contributed by atoms with Crippen molar-refractivity contribution >= 4 is 19.9 Å². The van der Waals surface area contributed by atoms with Gasteiger partial charge in [-0.05, 0) is 31.6 Å². The monoisotopic (exact) mass is 363 g/mol. The molecular weight excluding hydrogens is 334 g/mol. The summed E-state index contributed by atoms with van der Waals surface area (Å²) in [5.41, 5.74) is 0.181. The third-order valence-corrected chi connectivity index (χ3v) is 10.2. The minimum absolute atomic E-state index is 0.0161. The van der Waals surface area contributed by atoms with Crippen molar-refractivity contribution in [2.75, 3.05) is 18.1 Å². The van der Waals surface area contributed by atoms with E-state index in [0.29, 0.717) is 12.5 Å². The number of rotatable bonds is 3. The molecule has 1 spiro atoms. The first-order valence-electron chi connectivity index (χ1n) is 8.89. The van der Waals surface area contributed by atoms with Crippen LogP contribution in [0.5, 0.6) is 0 Å². The molecule has 23 heavy (non-hydrogen) atoms. The van der Waals surface area contributed by atoms with E-state index < -0.39 is 25.1 Å². The van der Waals surface area contributed by atoms with Crippen molar-refractivity contribution in [1.82, 2.24) is 4.31 Å². The molecule has 0 amide bonds. The van der Waals surface area contributed by atoms with E-state index >= 15 is 0 Å². The fraction of sp³-hybridized carbons (Fsp3) is 1.00. The van der Waals surface area contributed by atoms with Gasteiger partial charge in [0.1, 0.15) is 9.84 Å². The predicted molar refractivity (Wildman–Crippen MR) is 91.4 cm³/mol. The molecule has 0 radical (unpaired) electrons. The van der Waals surface area contributed by atoms with Gasteiger partial charge in [0.25, 0.3) is 0 Å². The van der Waals surface area contributed by atoms with Crippen molar-refractivity contribution in [3.05, 3.63) is 0 Å². The lowest BCUT2D eigenvalue weighted by Crippen LogP contribution is -2.69. The highest BCUT2D eigenvalue weighted by atomic mass is 32.2. The number of hydrogen-bond acceptors (Lipinski definition) is 4. The topological polar surface area (TPSA) is 71.5 Å². The fourth-order valence-corrected chi connectivity index (χ4v) is 9.28. The molecule has 0 aromatic carbocycles. The summed E-state index contributed by atoms with van der Waals surface area (Å²) in [5, 5.41) is -0.506. The van der Waals surface area contributed by atoms with Crippen LogP contribution in [-0.2, 0) is 19.9 Å². The molecule has 3 fully saturated rings. The van der Waals surface area contributed by atoms with Crippen molar-refractivity contribution in [2.24, 2.45) is 11.3 Å². The number of sulfone groups is 1. The van der Waals surface area contributed by atoms with Gasteiger partial charge in [-0.2, -0.15) is 4.31 Å². The first-order chi connectivity index (χ1) is 10.7. The van der Waals surface area contributed by atoms with Crippen LogP contribution in [0.1, 0.15) is 58.8 Å². The Morgan fingerprint density at radius 1 is 1.04 bits per heavy atom. The van der Waals surface area contributed by atoms with Gasteiger partial charge in [-0.15, -0.1) is 0 Å². The van der Waals surface area contributed by atoms with Crippen LogP contribution in [0, 0.1) is 11.3 Å². The minimum atomic E-state index is -3.38. The molecule has 3 rings (SSSR count). The Kier molecular flexibility index (Phi) is 4.60. The molecule has 1 aliphatic carbocycles. The second kappa shape index (κ2) is 5.99. The highest BCUT2D eigenvalue weighted by Gasteiger charge is 2.58. The molecule has 0 N–H and O–H groups in total. The molecule has 7 heteroatoms. The van der Waals surface area contributed by atoms with Crippen LogP contribution in [0.15, 0.2) is 0 Å². The van der Waals surface area contributed by atoms with E-state index in [4.69, 9.17) is 0 Å². The van der Waals surface area contributed by atoms with Gasteiger partial charge in [0.05, 0.1) is 16.8 Å². The summed E-state index contributed by atoms with van der Waals surface area (Å²) in [5.74, 6) is 0.341. The minimum Gasteiger partial charge on any atom is -0.229 e. The summed E-state index contributed by atoms with van der Waals surface area (Å²) in [7, 11) is -6.41. The van der Waals surface area contributed by atoms with Crippen molar-refractivity contribution in [3.63, 3.8) is 0 Å². The molecule has 0 aromatic rings.